The molecule has 30 heavy (non-hydrogen) atoms. The van der Waals surface area contributed by atoms with Crippen molar-refractivity contribution in [3.05, 3.63) is 64.1 Å². The summed E-state index contributed by atoms with van der Waals surface area (Å²) in [5, 5.41) is 0. The molecular weight excluding hydrogens is 470 g/mol. The van der Waals surface area contributed by atoms with Crippen LogP contribution >= 0.6 is 27.7 Å². The van der Waals surface area contributed by atoms with Crippen LogP contribution in [0, 0.1) is 0 Å². The molecule has 0 N–H and O–H groups in total. The standard InChI is InChI=1S/C22H20BrNO5S/c23-17-11-20-19(27-8-9-28-20)10-16(17)12-29-22(26)18-13-30-14-24(18)21(25)7-6-15-4-2-1-3-5-15/h1-7,10-11,18H,8-9,12-14H2/b7-6+. The highest BCUT2D eigenvalue weighted by Crippen LogP contribution is 2.36. The van der Waals surface area contributed by atoms with Crippen molar-refractivity contribution in [2.24, 2.45) is 0 Å². The first-order chi connectivity index (χ1) is 14.6. The molecule has 8 heteroatoms. The van der Waals surface area contributed by atoms with Gasteiger partial charge in [-0.1, -0.05) is 46.3 Å². The Morgan fingerprint density at radius 2 is 1.90 bits per heavy atom. The molecule has 2 aromatic rings. The van der Waals surface area contributed by atoms with Gasteiger partial charge in [-0.25, -0.2) is 4.79 Å². The van der Waals surface area contributed by atoms with Crippen molar-refractivity contribution in [1.82, 2.24) is 4.90 Å². The third kappa shape index (κ3) is 4.82. The molecule has 1 unspecified atom stereocenters. The van der Waals surface area contributed by atoms with Gasteiger partial charge in [0.15, 0.2) is 11.5 Å². The van der Waals surface area contributed by atoms with Crippen molar-refractivity contribution >= 4 is 45.6 Å². The molecule has 1 saturated heterocycles. The fraction of sp³-hybridized carbons (Fsp3) is 0.273. The summed E-state index contributed by atoms with van der Waals surface area (Å²) in [7, 11) is 0. The van der Waals surface area contributed by atoms with E-state index >= 15 is 0 Å². The number of hydrogen-bond acceptors (Lipinski definition) is 6. The normalized spacial score (nSPS) is 17.9. The second-order valence-electron chi connectivity index (χ2n) is 6.76. The SMILES string of the molecule is O=C(OCc1cc2c(cc1Br)OCCO2)C1CSCN1C(=O)/C=C/c1ccccc1. The zero-order chi connectivity index (χ0) is 20.9. The van der Waals surface area contributed by atoms with Gasteiger partial charge in [-0.05, 0) is 23.8 Å². The van der Waals surface area contributed by atoms with E-state index in [9.17, 15) is 9.59 Å². The molecular formula is C22H20BrNO5S. The zero-order valence-electron chi connectivity index (χ0n) is 16.1. The number of thioether (sulfide) groups is 1. The lowest BCUT2D eigenvalue weighted by Gasteiger charge is -2.22. The molecule has 6 nitrogen and oxygen atoms in total. The van der Waals surface area contributed by atoms with Gasteiger partial charge < -0.3 is 19.1 Å². The maximum Gasteiger partial charge on any atom is 0.330 e. The number of benzene rings is 2. The van der Waals surface area contributed by atoms with Gasteiger partial charge in [-0.3, -0.25) is 4.79 Å². The molecule has 1 amide bonds. The Bertz CT molecular complexity index is 966. The Kier molecular flexibility index (Phi) is 6.64. The third-order valence-corrected chi connectivity index (χ3v) is 6.49. The molecule has 0 spiro atoms. The summed E-state index contributed by atoms with van der Waals surface area (Å²) in [6.07, 6.45) is 3.25. The van der Waals surface area contributed by atoms with Gasteiger partial charge in [-0.15, -0.1) is 11.8 Å². The molecule has 2 aliphatic rings. The van der Waals surface area contributed by atoms with Crippen molar-refractivity contribution < 1.29 is 23.8 Å². The lowest BCUT2D eigenvalue weighted by molar-refractivity contribution is -0.152. The molecule has 1 atom stereocenters. The molecule has 0 aliphatic carbocycles. The van der Waals surface area contributed by atoms with Gasteiger partial charge in [0.25, 0.3) is 0 Å². The Hall–Kier alpha value is -2.45. The highest BCUT2D eigenvalue weighted by molar-refractivity contribution is 9.10. The van der Waals surface area contributed by atoms with Crippen LogP contribution in [0.5, 0.6) is 11.5 Å². The van der Waals surface area contributed by atoms with E-state index in [2.05, 4.69) is 15.9 Å². The van der Waals surface area contributed by atoms with Crippen LogP contribution in [-0.2, 0) is 20.9 Å². The van der Waals surface area contributed by atoms with Gasteiger partial charge in [0.1, 0.15) is 25.9 Å². The molecule has 2 heterocycles. The highest BCUT2D eigenvalue weighted by atomic mass is 79.9. The fourth-order valence-electron chi connectivity index (χ4n) is 3.14. The first-order valence-electron chi connectivity index (χ1n) is 9.48. The predicted molar refractivity (Wildman–Crippen MR) is 118 cm³/mol. The quantitative estimate of drug-likeness (QED) is 0.469. The summed E-state index contributed by atoms with van der Waals surface area (Å²) < 4.78 is 17.4. The van der Waals surface area contributed by atoms with E-state index in [1.54, 1.807) is 17.0 Å². The Balaban J connectivity index is 1.38. The minimum atomic E-state index is -0.598. The highest BCUT2D eigenvalue weighted by Gasteiger charge is 2.35. The van der Waals surface area contributed by atoms with Crippen LogP contribution in [0.4, 0.5) is 0 Å². The van der Waals surface area contributed by atoms with Gasteiger partial charge in [-0.2, -0.15) is 0 Å². The maximum absolute atomic E-state index is 12.7. The van der Waals surface area contributed by atoms with Crippen molar-refractivity contribution in [3.63, 3.8) is 0 Å². The van der Waals surface area contributed by atoms with Gasteiger partial charge in [0.2, 0.25) is 5.91 Å². The van der Waals surface area contributed by atoms with Crippen LogP contribution in [-0.4, -0.2) is 47.7 Å². The summed E-state index contributed by atoms with van der Waals surface area (Å²) in [4.78, 5) is 26.8. The third-order valence-electron chi connectivity index (χ3n) is 4.74. The van der Waals surface area contributed by atoms with E-state index in [0.29, 0.717) is 36.3 Å². The first-order valence-corrected chi connectivity index (χ1v) is 11.4. The number of esters is 1. The Morgan fingerprint density at radius 3 is 2.67 bits per heavy atom. The molecule has 4 rings (SSSR count). The van der Waals surface area contributed by atoms with E-state index in [-0.39, 0.29) is 12.5 Å². The molecule has 0 radical (unpaired) electrons. The lowest BCUT2D eigenvalue weighted by atomic mass is 10.2. The van der Waals surface area contributed by atoms with Gasteiger partial charge in [0, 0.05) is 21.9 Å². The van der Waals surface area contributed by atoms with Crippen LogP contribution < -0.4 is 9.47 Å². The summed E-state index contributed by atoms with van der Waals surface area (Å²) in [6, 6.07) is 12.6. The first kappa shape index (κ1) is 20.8. The van der Waals surface area contributed by atoms with Crippen molar-refractivity contribution in [1.29, 1.82) is 0 Å². The second-order valence-corrected chi connectivity index (χ2v) is 8.62. The molecule has 2 aliphatic heterocycles. The van der Waals surface area contributed by atoms with E-state index in [0.717, 1.165) is 15.6 Å². The fourth-order valence-corrected chi connectivity index (χ4v) is 4.73. The predicted octanol–water partition coefficient (Wildman–Crippen LogP) is 3.88. The summed E-state index contributed by atoms with van der Waals surface area (Å²) in [5.41, 5.74) is 1.71. The minimum Gasteiger partial charge on any atom is -0.486 e. The van der Waals surface area contributed by atoms with Crippen LogP contribution in [0.2, 0.25) is 0 Å². The molecule has 1 fully saturated rings. The summed E-state index contributed by atoms with van der Waals surface area (Å²) in [6.45, 7) is 1.08. The van der Waals surface area contributed by atoms with Gasteiger partial charge in [0.05, 0.1) is 5.88 Å². The average molecular weight is 490 g/mol. The molecule has 0 saturated carbocycles. The van der Waals surface area contributed by atoms with Crippen molar-refractivity contribution in [2.75, 3.05) is 24.8 Å². The molecule has 0 aromatic heterocycles. The smallest absolute Gasteiger partial charge is 0.330 e. The minimum absolute atomic E-state index is 0.0824. The number of ether oxygens (including phenoxy) is 3. The van der Waals surface area contributed by atoms with Crippen LogP contribution in [0.25, 0.3) is 6.08 Å². The van der Waals surface area contributed by atoms with E-state index < -0.39 is 12.0 Å². The van der Waals surface area contributed by atoms with Crippen LogP contribution in [0.15, 0.2) is 53.0 Å². The number of halogens is 1. The Morgan fingerprint density at radius 1 is 1.17 bits per heavy atom. The van der Waals surface area contributed by atoms with Crippen molar-refractivity contribution in [3.8, 4) is 11.5 Å². The number of nitrogens with zero attached hydrogens (tertiary/aromatic N) is 1. The summed E-state index contributed by atoms with van der Waals surface area (Å²) in [5.74, 6) is 1.67. The largest absolute Gasteiger partial charge is 0.486 e. The van der Waals surface area contributed by atoms with E-state index in [4.69, 9.17) is 14.2 Å². The summed E-state index contributed by atoms with van der Waals surface area (Å²) >= 11 is 5.02. The van der Waals surface area contributed by atoms with E-state index in [1.807, 2.05) is 36.4 Å². The monoisotopic (exact) mass is 489 g/mol. The zero-order valence-corrected chi connectivity index (χ0v) is 18.5. The number of fused-ring (bicyclic) bond motifs is 1. The van der Waals surface area contributed by atoms with Crippen molar-refractivity contribution in [2.45, 2.75) is 12.6 Å². The molecule has 0 bridgehead atoms. The second kappa shape index (κ2) is 9.57. The number of carbonyl (C=O) groups is 2. The topological polar surface area (TPSA) is 65.1 Å². The lowest BCUT2D eigenvalue weighted by Crippen LogP contribution is -2.42. The maximum atomic E-state index is 12.7. The van der Waals surface area contributed by atoms with Gasteiger partial charge >= 0.3 is 5.97 Å². The number of rotatable bonds is 5. The number of carbonyl (C=O) groups excluding carboxylic acids is 2. The van der Waals surface area contributed by atoms with Crippen LogP contribution in [0.3, 0.4) is 0 Å². The van der Waals surface area contributed by atoms with Crippen LogP contribution in [0.1, 0.15) is 11.1 Å². The Labute approximate surface area is 187 Å². The number of hydrogen-bond donors (Lipinski definition) is 0. The molecule has 156 valence electrons. The van der Waals surface area contributed by atoms with E-state index in [1.165, 1.54) is 17.8 Å². The molecule has 2 aromatic carbocycles. The average Bonchev–Trinajstić information content (AvgIpc) is 3.27. The number of amides is 1.